The molecule has 0 aliphatic carbocycles. The van der Waals surface area contributed by atoms with Gasteiger partial charge in [0.2, 0.25) is 0 Å². The molecule has 0 aromatic carbocycles. The minimum absolute atomic E-state index is 0.226. The van der Waals surface area contributed by atoms with Crippen LogP contribution in [0.1, 0.15) is 12.2 Å². The summed E-state index contributed by atoms with van der Waals surface area (Å²) in [4.78, 5) is 10.7. The molecular weight excluding hydrogens is 168 g/mol. The molecule has 0 N–H and O–H groups in total. The van der Waals surface area contributed by atoms with Crippen LogP contribution in [0.25, 0.3) is 0 Å². The predicted octanol–water partition coefficient (Wildman–Crippen LogP) is 1.94. The summed E-state index contributed by atoms with van der Waals surface area (Å²) in [6.07, 6.45) is 6.31. The minimum Gasteiger partial charge on any atom is -0.469 e. The third kappa shape index (κ3) is 3.60. The third-order valence-corrected chi connectivity index (χ3v) is 1.58. The lowest BCUT2D eigenvalue weighted by atomic mass is 10.3. The second kappa shape index (κ2) is 5.19. The summed E-state index contributed by atoms with van der Waals surface area (Å²) in [6.45, 7) is 0. The van der Waals surface area contributed by atoms with Crippen LogP contribution in [0.5, 0.6) is 0 Å². The summed E-state index contributed by atoms with van der Waals surface area (Å²) < 4.78 is 9.57. The maximum absolute atomic E-state index is 10.7. The van der Waals surface area contributed by atoms with Gasteiger partial charge in [-0.1, -0.05) is 12.2 Å². The summed E-state index contributed by atoms with van der Waals surface area (Å²) in [5.74, 6) is 0.664. The summed E-state index contributed by atoms with van der Waals surface area (Å²) in [5.41, 5.74) is 0. The lowest BCUT2D eigenvalue weighted by Gasteiger charge is -1.91. The summed E-state index contributed by atoms with van der Waals surface area (Å²) in [6, 6.07) is 3.73. The average molecular weight is 180 g/mol. The Morgan fingerprint density at radius 2 is 2.46 bits per heavy atom. The van der Waals surface area contributed by atoms with E-state index in [1.807, 2.05) is 18.2 Å². The Kier molecular flexibility index (Phi) is 3.82. The number of allylic oxidation sites excluding steroid dienone is 1. The van der Waals surface area contributed by atoms with Crippen molar-refractivity contribution < 1.29 is 13.9 Å². The lowest BCUT2D eigenvalue weighted by molar-refractivity contribution is -0.139. The summed E-state index contributed by atoms with van der Waals surface area (Å²) >= 11 is 0. The number of furan rings is 1. The molecule has 0 aliphatic rings. The molecule has 1 aromatic rings. The maximum Gasteiger partial charge on any atom is 0.309 e. The molecule has 0 bridgehead atoms. The second-order valence-corrected chi connectivity index (χ2v) is 2.54. The van der Waals surface area contributed by atoms with Crippen molar-refractivity contribution >= 4 is 5.97 Å². The van der Waals surface area contributed by atoms with Crippen molar-refractivity contribution in [3.63, 3.8) is 0 Å². The standard InChI is InChI=1S/C10H12O3/c1-12-10(11)7-3-2-5-9-6-4-8-13-9/h2-4,6,8H,5,7H2,1H3/b3-2-. The van der Waals surface area contributed by atoms with Gasteiger partial charge in [-0.05, 0) is 12.1 Å². The van der Waals surface area contributed by atoms with Crippen molar-refractivity contribution in [3.05, 3.63) is 36.3 Å². The number of ether oxygens (including phenoxy) is 1. The van der Waals surface area contributed by atoms with E-state index in [2.05, 4.69) is 4.74 Å². The zero-order valence-corrected chi connectivity index (χ0v) is 7.53. The molecule has 13 heavy (non-hydrogen) atoms. The Bertz CT molecular complexity index is 272. The monoisotopic (exact) mass is 180 g/mol. The van der Waals surface area contributed by atoms with Crippen molar-refractivity contribution in [3.8, 4) is 0 Å². The number of hydrogen-bond donors (Lipinski definition) is 0. The molecule has 0 saturated carbocycles. The number of carbonyl (C=O) groups excluding carboxylic acids is 1. The van der Waals surface area contributed by atoms with Gasteiger partial charge in [0.05, 0.1) is 19.8 Å². The van der Waals surface area contributed by atoms with E-state index in [1.54, 1.807) is 12.3 Å². The first-order chi connectivity index (χ1) is 6.33. The Morgan fingerprint density at radius 1 is 1.62 bits per heavy atom. The Morgan fingerprint density at radius 3 is 3.08 bits per heavy atom. The van der Waals surface area contributed by atoms with Crippen LogP contribution in [0.4, 0.5) is 0 Å². The Labute approximate surface area is 77.0 Å². The van der Waals surface area contributed by atoms with Gasteiger partial charge in [-0.25, -0.2) is 0 Å². The van der Waals surface area contributed by atoms with E-state index >= 15 is 0 Å². The van der Waals surface area contributed by atoms with Gasteiger partial charge in [0.15, 0.2) is 0 Å². The Balaban J connectivity index is 2.23. The fraction of sp³-hybridized carbons (Fsp3) is 0.300. The first-order valence-electron chi connectivity index (χ1n) is 4.07. The lowest BCUT2D eigenvalue weighted by Crippen LogP contribution is -1.96. The van der Waals surface area contributed by atoms with E-state index in [0.29, 0.717) is 12.8 Å². The Hall–Kier alpha value is -1.51. The number of carbonyl (C=O) groups is 1. The highest BCUT2D eigenvalue weighted by Gasteiger charge is 1.94. The van der Waals surface area contributed by atoms with Crippen LogP contribution in [0, 0.1) is 0 Å². The van der Waals surface area contributed by atoms with Crippen LogP contribution in [0.2, 0.25) is 0 Å². The highest BCUT2D eigenvalue weighted by Crippen LogP contribution is 2.01. The first-order valence-corrected chi connectivity index (χ1v) is 4.07. The third-order valence-electron chi connectivity index (χ3n) is 1.58. The zero-order valence-electron chi connectivity index (χ0n) is 7.53. The molecule has 0 aliphatic heterocycles. The summed E-state index contributed by atoms with van der Waals surface area (Å²) in [5, 5.41) is 0. The van der Waals surface area contributed by atoms with Gasteiger partial charge in [0.1, 0.15) is 5.76 Å². The number of rotatable bonds is 4. The van der Waals surface area contributed by atoms with Crippen molar-refractivity contribution in [2.45, 2.75) is 12.8 Å². The molecule has 3 nitrogen and oxygen atoms in total. The van der Waals surface area contributed by atoms with Crippen LogP contribution in [-0.2, 0) is 16.0 Å². The van der Waals surface area contributed by atoms with Gasteiger partial charge < -0.3 is 9.15 Å². The van der Waals surface area contributed by atoms with Crippen LogP contribution in [-0.4, -0.2) is 13.1 Å². The molecular formula is C10H12O3. The molecule has 0 radical (unpaired) electrons. The van der Waals surface area contributed by atoms with Gasteiger partial charge >= 0.3 is 5.97 Å². The molecule has 1 aromatic heterocycles. The zero-order chi connectivity index (χ0) is 9.52. The van der Waals surface area contributed by atoms with E-state index in [1.165, 1.54) is 7.11 Å². The van der Waals surface area contributed by atoms with E-state index in [4.69, 9.17) is 4.42 Å². The van der Waals surface area contributed by atoms with Gasteiger partial charge in [0.25, 0.3) is 0 Å². The molecule has 70 valence electrons. The van der Waals surface area contributed by atoms with Crippen LogP contribution in [0.3, 0.4) is 0 Å². The SMILES string of the molecule is COC(=O)C/C=C\Cc1ccco1. The molecule has 0 spiro atoms. The number of hydrogen-bond acceptors (Lipinski definition) is 3. The fourth-order valence-electron chi connectivity index (χ4n) is 0.891. The quantitative estimate of drug-likeness (QED) is 0.525. The van der Waals surface area contributed by atoms with Crippen molar-refractivity contribution in [1.82, 2.24) is 0 Å². The second-order valence-electron chi connectivity index (χ2n) is 2.54. The number of esters is 1. The van der Waals surface area contributed by atoms with Crippen LogP contribution < -0.4 is 0 Å². The largest absolute Gasteiger partial charge is 0.469 e. The van der Waals surface area contributed by atoms with E-state index in [-0.39, 0.29) is 5.97 Å². The molecule has 1 heterocycles. The van der Waals surface area contributed by atoms with E-state index < -0.39 is 0 Å². The van der Waals surface area contributed by atoms with Crippen LogP contribution in [0.15, 0.2) is 35.0 Å². The molecule has 0 amide bonds. The number of methoxy groups -OCH3 is 1. The molecule has 0 atom stereocenters. The topological polar surface area (TPSA) is 39.4 Å². The molecule has 3 heteroatoms. The highest BCUT2D eigenvalue weighted by atomic mass is 16.5. The molecule has 0 saturated heterocycles. The smallest absolute Gasteiger partial charge is 0.309 e. The van der Waals surface area contributed by atoms with E-state index in [9.17, 15) is 4.79 Å². The van der Waals surface area contributed by atoms with E-state index in [0.717, 1.165) is 5.76 Å². The molecule has 0 unspecified atom stereocenters. The molecule has 1 rings (SSSR count). The minimum atomic E-state index is -0.226. The summed E-state index contributed by atoms with van der Waals surface area (Å²) in [7, 11) is 1.38. The average Bonchev–Trinajstić information content (AvgIpc) is 2.64. The van der Waals surface area contributed by atoms with Gasteiger partial charge in [-0.3, -0.25) is 4.79 Å². The van der Waals surface area contributed by atoms with Gasteiger partial charge in [-0.2, -0.15) is 0 Å². The van der Waals surface area contributed by atoms with Crippen LogP contribution >= 0.6 is 0 Å². The van der Waals surface area contributed by atoms with Gasteiger partial charge in [-0.15, -0.1) is 0 Å². The highest BCUT2D eigenvalue weighted by molar-refractivity contribution is 5.70. The van der Waals surface area contributed by atoms with Crippen molar-refractivity contribution in [1.29, 1.82) is 0 Å². The molecule has 0 fully saturated rings. The van der Waals surface area contributed by atoms with Crippen molar-refractivity contribution in [2.75, 3.05) is 7.11 Å². The fourth-order valence-corrected chi connectivity index (χ4v) is 0.891. The maximum atomic E-state index is 10.7. The first kappa shape index (κ1) is 9.58. The predicted molar refractivity (Wildman–Crippen MR) is 48.2 cm³/mol. The van der Waals surface area contributed by atoms with Crippen molar-refractivity contribution in [2.24, 2.45) is 0 Å². The normalized spacial score (nSPS) is 10.5. The van der Waals surface area contributed by atoms with Gasteiger partial charge in [0, 0.05) is 6.42 Å².